The topological polar surface area (TPSA) is 17.1 Å². The van der Waals surface area contributed by atoms with E-state index in [1.54, 1.807) is 11.4 Å². The van der Waals surface area contributed by atoms with E-state index in [-0.39, 0.29) is 29.4 Å². The van der Waals surface area contributed by atoms with E-state index in [4.69, 9.17) is 0 Å². The van der Waals surface area contributed by atoms with Crippen molar-refractivity contribution in [3.05, 3.63) is 62.3 Å². The van der Waals surface area contributed by atoms with Crippen molar-refractivity contribution < 1.29 is 31.1 Å². The maximum Gasteiger partial charge on any atom is 0.416 e. The van der Waals surface area contributed by atoms with Gasteiger partial charge in [0.2, 0.25) is 0 Å². The molecule has 0 radical (unpaired) electrons. The van der Waals surface area contributed by atoms with Crippen LogP contribution in [0.2, 0.25) is 0 Å². The molecule has 0 saturated carbocycles. The number of benzene rings is 1. The van der Waals surface area contributed by atoms with Gasteiger partial charge in [-0.2, -0.15) is 26.3 Å². The van der Waals surface area contributed by atoms with Gasteiger partial charge in [-0.05, 0) is 41.3 Å². The van der Waals surface area contributed by atoms with Crippen LogP contribution in [-0.4, -0.2) is 5.78 Å². The van der Waals surface area contributed by atoms with Crippen LogP contribution in [0.1, 0.15) is 31.9 Å². The molecule has 0 bridgehead atoms. The second-order valence-electron chi connectivity index (χ2n) is 5.27. The van der Waals surface area contributed by atoms with Gasteiger partial charge in [0.15, 0.2) is 5.78 Å². The Bertz CT molecular complexity index is 809. The van der Waals surface area contributed by atoms with Crippen LogP contribution in [0.15, 0.2) is 35.2 Å². The first-order chi connectivity index (χ1) is 11.1. The van der Waals surface area contributed by atoms with Gasteiger partial charge in [-0.15, -0.1) is 11.3 Å². The third kappa shape index (κ3) is 3.10. The first-order valence-corrected chi connectivity index (χ1v) is 7.55. The quantitative estimate of drug-likeness (QED) is 0.476. The third-order valence-electron chi connectivity index (χ3n) is 3.58. The minimum absolute atomic E-state index is 0.0648. The molecule has 1 aromatic carbocycles. The van der Waals surface area contributed by atoms with E-state index in [0.717, 1.165) is 11.0 Å². The van der Waals surface area contributed by atoms with Crippen molar-refractivity contribution in [1.29, 1.82) is 0 Å². The smallest absolute Gasteiger partial charge is 0.289 e. The minimum Gasteiger partial charge on any atom is -0.289 e. The normalized spacial score (nSPS) is 16.8. The Kier molecular flexibility index (Phi) is 3.82. The predicted molar refractivity (Wildman–Crippen MR) is 76.8 cm³/mol. The van der Waals surface area contributed by atoms with Crippen molar-refractivity contribution in [1.82, 2.24) is 0 Å². The lowest BCUT2D eigenvalue weighted by molar-refractivity contribution is -0.143. The molecule has 1 aromatic heterocycles. The number of carbonyl (C=O) groups excluding carboxylic acids is 1. The van der Waals surface area contributed by atoms with Crippen molar-refractivity contribution in [2.24, 2.45) is 0 Å². The van der Waals surface area contributed by atoms with Crippen LogP contribution in [0.25, 0.3) is 6.08 Å². The maximum absolute atomic E-state index is 12.8. The van der Waals surface area contributed by atoms with Crippen molar-refractivity contribution in [3.8, 4) is 0 Å². The van der Waals surface area contributed by atoms with Crippen molar-refractivity contribution >= 4 is 23.2 Å². The Labute approximate surface area is 136 Å². The summed E-state index contributed by atoms with van der Waals surface area (Å²) in [5, 5.41) is 1.71. The molecule has 0 aliphatic heterocycles. The van der Waals surface area contributed by atoms with E-state index in [1.165, 1.54) is 11.3 Å². The number of halogens is 6. The largest absolute Gasteiger partial charge is 0.416 e. The van der Waals surface area contributed by atoms with E-state index in [9.17, 15) is 31.1 Å². The number of hydrogen-bond donors (Lipinski definition) is 0. The number of thiophene rings is 1. The summed E-state index contributed by atoms with van der Waals surface area (Å²) >= 11 is 1.32. The standard InChI is InChI=1S/C16H8F6OS/c17-15(18,19)10-4-8(5-11(7-10)16(20,21)22)3-9-6-13-12(14(9)23)1-2-24-13/h1-5,7H,6H2. The zero-order valence-corrected chi connectivity index (χ0v) is 12.6. The van der Waals surface area contributed by atoms with Crippen LogP contribution in [0.5, 0.6) is 0 Å². The second kappa shape index (κ2) is 5.47. The van der Waals surface area contributed by atoms with Crippen LogP contribution >= 0.6 is 11.3 Å². The van der Waals surface area contributed by atoms with Gasteiger partial charge >= 0.3 is 12.4 Å². The van der Waals surface area contributed by atoms with E-state index in [2.05, 4.69) is 0 Å². The van der Waals surface area contributed by atoms with Crippen molar-refractivity contribution in [2.75, 3.05) is 0 Å². The zero-order chi connectivity index (χ0) is 17.7. The van der Waals surface area contributed by atoms with E-state index in [1.807, 2.05) is 0 Å². The molecule has 126 valence electrons. The highest BCUT2D eigenvalue weighted by molar-refractivity contribution is 7.10. The second-order valence-corrected chi connectivity index (χ2v) is 6.27. The van der Waals surface area contributed by atoms with Crippen LogP contribution in [-0.2, 0) is 18.8 Å². The molecule has 1 aliphatic rings. The van der Waals surface area contributed by atoms with Gasteiger partial charge in [0.1, 0.15) is 0 Å². The fraction of sp³-hybridized carbons (Fsp3) is 0.188. The number of rotatable bonds is 1. The number of fused-ring (bicyclic) bond motifs is 1. The summed E-state index contributed by atoms with van der Waals surface area (Å²) in [4.78, 5) is 12.9. The van der Waals surface area contributed by atoms with Crippen molar-refractivity contribution in [3.63, 3.8) is 0 Å². The molecule has 0 spiro atoms. The van der Waals surface area contributed by atoms with Gasteiger partial charge in [-0.1, -0.05) is 0 Å². The van der Waals surface area contributed by atoms with Crippen LogP contribution < -0.4 is 0 Å². The third-order valence-corrected chi connectivity index (χ3v) is 4.50. The lowest BCUT2D eigenvalue weighted by atomic mass is 10.0. The summed E-state index contributed by atoms with van der Waals surface area (Å²) in [7, 11) is 0. The summed E-state index contributed by atoms with van der Waals surface area (Å²) in [6, 6.07) is 2.88. The molecule has 1 nitrogen and oxygen atoms in total. The number of ketones is 1. The van der Waals surface area contributed by atoms with Gasteiger partial charge in [-0.3, -0.25) is 4.79 Å². The van der Waals surface area contributed by atoms with Gasteiger partial charge in [0.05, 0.1) is 11.1 Å². The van der Waals surface area contributed by atoms with Gasteiger partial charge < -0.3 is 0 Å². The Morgan fingerprint density at radius 2 is 1.54 bits per heavy atom. The summed E-state index contributed by atoms with van der Waals surface area (Å²) < 4.78 is 77.0. The minimum atomic E-state index is -4.91. The molecular formula is C16H8F6OS. The zero-order valence-electron chi connectivity index (χ0n) is 11.8. The number of allylic oxidation sites excluding steroid dienone is 1. The Morgan fingerprint density at radius 3 is 2.04 bits per heavy atom. The molecule has 24 heavy (non-hydrogen) atoms. The van der Waals surface area contributed by atoms with E-state index < -0.39 is 23.5 Å². The maximum atomic E-state index is 12.8. The summed E-state index contributed by atoms with van der Waals surface area (Å²) in [6.07, 6.45) is -8.51. The van der Waals surface area contributed by atoms with Crippen LogP contribution in [0.4, 0.5) is 26.3 Å². The molecule has 0 amide bonds. The molecule has 3 rings (SSSR count). The monoisotopic (exact) mass is 362 g/mol. The molecule has 0 saturated heterocycles. The van der Waals surface area contributed by atoms with Gasteiger partial charge in [0.25, 0.3) is 0 Å². The first-order valence-electron chi connectivity index (χ1n) is 6.67. The van der Waals surface area contributed by atoms with Crippen LogP contribution in [0, 0.1) is 0 Å². The fourth-order valence-corrected chi connectivity index (χ4v) is 3.38. The summed E-state index contributed by atoms with van der Waals surface area (Å²) in [5.74, 6) is -0.364. The number of alkyl halides is 6. The Balaban J connectivity index is 2.07. The average Bonchev–Trinajstić information content (AvgIpc) is 3.01. The molecule has 0 fully saturated rings. The average molecular weight is 362 g/mol. The molecule has 0 unspecified atom stereocenters. The lowest BCUT2D eigenvalue weighted by Crippen LogP contribution is -2.11. The molecular weight excluding hydrogens is 354 g/mol. The first kappa shape index (κ1) is 16.8. The number of carbonyl (C=O) groups is 1. The number of Topliss-reactive ketones (excluding diaryl/α,β-unsaturated/α-hetero) is 1. The lowest BCUT2D eigenvalue weighted by Gasteiger charge is -2.13. The Morgan fingerprint density at radius 1 is 0.958 bits per heavy atom. The molecule has 0 N–H and O–H groups in total. The van der Waals surface area contributed by atoms with Crippen LogP contribution in [0.3, 0.4) is 0 Å². The van der Waals surface area contributed by atoms with Crippen molar-refractivity contribution in [2.45, 2.75) is 18.8 Å². The molecule has 1 heterocycles. The highest BCUT2D eigenvalue weighted by atomic mass is 32.1. The highest BCUT2D eigenvalue weighted by Gasteiger charge is 2.37. The summed E-state index contributed by atoms with van der Waals surface area (Å²) in [6.45, 7) is 0. The molecule has 0 atom stereocenters. The SMILES string of the molecule is O=C1C(=Cc2cc(C(F)(F)F)cc(C(F)(F)F)c2)Cc2sccc21. The van der Waals surface area contributed by atoms with E-state index in [0.29, 0.717) is 17.7 Å². The number of hydrogen-bond acceptors (Lipinski definition) is 2. The predicted octanol–water partition coefficient (Wildman–Crippen LogP) is 5.61. The molecule has 2 aromatic rings. The highest BCUT2D eigenvalue weighted by Crippen LogP contribution is 2.38. The van der Waals surface area contributed by atoms with Gasteiger partial charge in [0, 0.05) is 22.4 Å². The Hall–Kier alpha value is -2.09. The van der Waals surface area contributed by atoms with E-state index >= 15 is 0 Å². The summed E-state index contributed by atoms with van der Waals surface area (Å²) in [5.41, 5.74) is -2.46. The van der Waals surface area contributed by atoms with Gasteiger partial charge in [-0.25, -0.2) is 0 Å². The molecule has 8 heteroatoms. The fourth-order valence-electron chi connectivity index (χ4n) is 2.49. The molecule has 1 aliphatic carbocycles.